The summed E-state index contributed by atoms with van der Waals surface area (Å²) in [4.78, 5) is 6.12. The van der Waals surface area contributed by atoms with E-state index in [2.05, 4.69) is 16.4 Å². The molecule has 3 rings (SSSR count). The van der Waals surface area contributed by atoms with E-state index < -0.39 is 0 Å². The van der Waals surface area contributed by atoms with Crippen LogP contribution in [0.4, 0.5) is 0 Å². The van der Waals surface area contributed by atoms with Gasteiger partial charge in [-0.1, -0.05) is 36.5 Å². The first-order valence-electron chi connectivity index (χ1n) is 6.59. The molecule has 0 saturated carbocycles. The van der Waals surface area contributed by atoms with E-state index in [1.165, 1.54) is 4.88 Å². The topological polar surface area (TPSA) is 48.1 Å². The molecule has 0 saturated heterocycles. The lowest BCUT2D eigenvalue weighted by Gasteiger charge is -2.10. The summed E-state index contributed by atoms with van der Waals surface area (Å²) < 4.78 is 5.81. The molecular weight excluding hydrogens is 300 g/mol. The van der Waals surface area contributed by atoms with Gasteiger partial charge in [0.2, 0.25) is 5.88 Å². The molecule has 0 bridgehead atoms. The third-order valence-corrected chi connectivity index (χ3v) is 4.28. The molecule has 2 heterocycles. The van der Waals surface area contributed by atoms with E-state index in [0.29, 0.717) is 23.0 Å². The highest BCUT2D eigenvalue weighted by molar-refractivity contribution is 7.80. The maximum atomic E-state index is 5.81. The average Bonchev–Trinajstić information content (AvgIpc) is 2.99. The quantitative estimate of drug-likeness (QED) is 0.732. The van der Waals surface area contributed by atoms with Crippen LogP contribution in [-0.2, 0) is 6.42 Å². The van der Waals surface area contributed by atoms with E-state index in [4.69, 9.17) is 22.7 Å². The van der Waals surface area contributed by atoms with E-state index in [9.17, 15) is 0 Å². The number of ether oxygens (including phenoxy) is 1. The van der Waals surface area contributed by atoms with Gasteiger partial charge in [0, 0.05) is 16.7 Å². The number of pyridine rings is 1. The highest BCUT2D eigenvalue weighted by Crippen LogP contribution is 2.22. The Morgan fingerprint density at radius 1 is 1.24 bits per heavy atom. The first-order valence-corrected chi connectivity index (χ1v) is 7.87. The fraction of sp³-hybridized carbons (Fsp3) is 0.125. The number of rotatable bonds is 5. The fourth-order valence-electron chi connectivity index (χ4n) is 2.09. The standard InChI is InChI=1S/C16H14N2OS2/c17-15(20)13-10-11-4-1-2-6-14(11)18-16(13)19-8-7-12-5-3-9-21-12/h1-6,9-10H,7-8H2,(H2,17,20). The van der Waals surface area contributed by atoms with Crippen LogP contribution < -0.4 is 10.5 Å². The van der Waals surface area contributed by atoms with Crippen molar-refractivity contribution in [3.05, 3.63) is 58.3 Å². The number of hydrogen-bond acceptors (Lipinski definition) is 4. The molecule has 0 amide bonds. The second-order valence-electron chi connectivity index (χ2n) is 4.58. The van der Waals surface area contributed by atoms with Crippen molar-refractivity contribution in [3.8, 4) is 5.88 Å². The minimum absolute atomic E-state index is 0.305. The number of benzene rings is 1. The normalized spacial score (nSPS) is 10.7. The first kappa shape index (κ1) is 14.0. The van der Waals surface area contributed by atoms with Crippen LogP contribution in [0.2, 0.25) is 0 Å². The van der Waals surface area contributed by atoms with Gasteiger partial charge in [0.1, 0.15) is 4.99 Å². The zero-order chi connectivity index (χ0) is 14.7. The molecule has 21 heavy (non-hydrogen) atoms. The van der Waals surface area contributed by atoms with Crippen LogP contribution >= 0.6 is 23.6 Å². The van der Waals surface area contributed by atoms with Gasteiger partial charge in [0.15, 0.2) is 0 Å². The number of thiocarbonyl (C=S) groups is 1. The second-order valence-corrected chi connectivity index (χ2v) is 6.05. The number of nitrogens with two attached hydrogens (primary N) is 1. The monoisotopic (exact) mass is 314 g/mol. The van der Waals surface area contributed by atoms with Crippen LogP contribution in [0.15, 0.2) is 47.8 Å². The molecule has 3 aromatic rings. The van der Waals surface area contributed by atoms with Gasteiger partial charge in [0.25, 0.3) is 0 Å². The van der Waals surface area contributed by atoms with E-state index in [1.807, 2.05) is 36.4 Å². The van der Waals surface area contributed by atoms with Crippen molar-refractivity contribution >= 4 is 39.4 Å². The van der Waals surface area contributed by atoms with Crippen molar-refractivity contribution in [2.45, 2.75) is 6.42 Å². The van der Waals surface area contributed by atoms with Gasteiger partial charge in [-0.3, -0.25) is 0 Å². The molecule has 0 spiro atoms. The van der Waals surface area contributed by atoms with Crippen LogP contribution in [0.25, 0.3) is 10.9 Å². The van der Waals surface area contributed by atoms with Crippen molar-refractivity contribution in [2.75, 3.05) is 6.61 Å². The van der Waals surface area contributed by atoms with Crippen LogP contribution in [0, 0.1) is 0 Å². The summed E-state index contributed by atoms with van der Waals surface area (Å²) in [5, 5.41) is 3.07. The molecule has 3 nitrogen and oxygen atoms in total. The molecule has 1 aromatic carbocycles. The van der Waals surface area contributed by atoms with Gasteiger partial charge in [-0.25, -0.2) is 4.98 Å². The maximum Gasteiger partial charge on any atom is 0.224 e. The SMILES string of the molecule is NC(=S)c1cc2ccccc2nc1OCCc1cccs1. The number of thiophene rings is 1. The summed E-state index contributed by atoms with van der Waals surface area (Å²) in [5.41, 5.74) is 7.35. The minimum Gasteiger partial charge on any atom is -0.477 e. The lowest BCUT2D eigenvalue weighted by atomic mass is 10.1. The Labute approximate surface area is 132 Å². The molecule has 0 atom stereocenters. The Hall–Kier alpha value is -1.98. The Bertz CT molecular complexity index is 769. The Balaban J connectivity index is 1.85. The van der Waals surface area contributed by atoms with Crippen molar-refractivity contribution < 1.29 is 4.74 Å². The van der Waals surface area contributed by atoms with Gasteiger partial charge in [-0.05, 0) is 23.6 Å². The number of aromatic nitrogens is 1. The number of fused-ring (bicyclic) bond motifs is 1. The second kappa shape index (κ2) is 6.20. The van der Waals surface area contributed by atoms with Crippen molar-refractivity contribution in [3.63, 3.8) is 0 Å². The number of para-hydroxylation sites is 1. The van der Waals surface area contributed by atoms with E-state index in [0.717, 1.165) is 17.3 Å². The van der Waals surface area contributed by atoms with Gasteiger partial charge >= 0.3 is 0 Å². The fourth-order valence-corrected chi connectivity index (χ4v) is 2.92. The summed E-state index contributed by atoms with van der Waals surface area (Å²) >= 11 is 6.82. The predicted molar refractivity (Wildman–Crippen MR) is 91.1 cm³/mol. The summed E-state index contributed by atoms with van der Waals surface area (Å²) in [6.07, 6.45) is 0.850. The lowest BCUT2D eigenvalue weighted by molar-refractivity contribution is 0.311. The summed E-state index contributed by atoms with van der Waals surface area (Å²) in [6.45, 7) is 0.557. The molecule has 0 aliphatic carbocycles. The Morgan fingerprint density at radius 2 is 2.10 bits per heavy atom. The van der Waals surface area contributed by atoms with Crippen LogP contribution in [0.5, 0.6) is 5.88 Å². The highest BCUT2D eigenvalue weighted by Gasteiger charge is 2.10. The minimum atomic E-state index is 0.305. The largest absolute Gasteiger partial charge is 0.477 e. The van der Waals surface area contributed by atoms with Crippen molar-refractivity contribution in [2.24, 2.45) is 5.73 Å². The Morgan fingerprint density at radius 3 is 2.86 bits per heavy atom. The average molecular weight is 314 g/mol. The summed E-state index contributed by atoms with van der Waals surface area (Å²) in [6, 6.07) is 13.9. The molecular formula is C16H14N2OS2. The van der Waals surface area contributed by atoms with Crippen molar-refractivity contribution in [1.82, 2.24) is 4.98 Å². The van der Waals surface area contributed by atoms with Crippen molar-refractivity contribution in [1.29, 1.82) is 0 Å². The van der Waals surface area contributed by atoms with E-state index in [1.54, 1.807) is 11.3 Å². The molecule has 2 aromatic heterocycles. The molecule has 0 fully saturated rings. The molecule has 2 N–H and O–H groups in total. The molecule has 0 aliphatic heterocycles. The maximum absolute atomic E-state index is 5.81. The zero-order valence-corrected chi connectivity index (χ0v) is 12.9. The van der Waals surface area contributed by atoms with E-state index >= 15 is 0 Å². The lowest BCUT2D eigenvalue weighted by Crippen LogP contribution is -2.14. The molecule has 0 unspecified atom stereocenters. The Kier molecular flexibility index (Phi) is 4.13. The number of nitrogens with zero attached hydrogens (tertiary/aromatic N) is 1. The summed E-state index contributed by atoms with van der Waals surface area (Å²) in [5.74, 6) is 0.512. The van der Waals surface area contributed by atoms with Gasteiger partial charge in [-0.15, -0.1) is 11.3 Å². The van der Waals surface area contributed by atoms with Gasteiger partial charge in [-0.2, -0.15) is 0 Å². The molecule has 106 valence electrons. The van der Waals surface area contributed by atoms with E-state index in [-0.39, 0.29) is 0 Å². The molecule has 0 radical (unpaired) electrons. The van der Waals surface area contributed by atoms with Crippen LogP contribution in [0.3, 0.4) is 0 Å². The van der Waals surface area contributed by atoms with Gasteiger partial charge < -0.3 is 10.5 Å². The van der Waals surface area contributed by atoms with Crippen LogP contribution in [-0.4, -0.2) is 16.6 Å². The predicted octanol–water partition coefficient (Wildman–Crippen LogP) is 3.55. The molecule has 0 aliphatic rings. The van der Waals surface area contributed by atoms with Crippen LogP contribution in [0.1, 0.15) is 10.4 Å². The third kappa shape index (κ3) is 3.20. The smallest absolute Gasteiger partial charge is 0.224 e. The van der Waals surface area contributed by atoms with Gasteiger partial charge in [0.05, 0.1) is 17.7 Å². The zero-order valence-electron chi connectivity index (χ0n) is 11.3. The molecule has 5 heteroatoms. The third-order valence-electron chi connectivity index (χ3n) is 3.12. The highest BCUT2D eigenvalue weighted by atomic mass is 32.1. The summed E-state index contributed by atoms with van der Waals surface area (Å²) in [7, 11) is 0. The first-order chi connectivity index (χ1) is 10.2. The number of hydrogen-bond donors (Lipinski definition) is 1.